The third-order valence-corrected chi connectivity index (χ3v) is 10.4. The molecule has 1 aromatic rings. The summed E-state index contributed by atoms with van der Waals surface area (Å²) in [4.78, 5) is 29.0. The Labute approximate surface area is 238 Å². The molecular weight excluding hydrogens is 524 g/mol. The van der Waals surface area contributed by atoms with Crippen LogP contribution in [0.15, 0.2) is 30.3 Å². The van der Waals surface area contributed by atoms with Gasteiger partial charge in [0, 0.05) is 42.1 Å². The van der Waals surface area contributed by atoms with Crippen LogP contribution in [0.4, 0.5) is 0 Å². The Morgan fingerprint density at radius 2 is 1.81 bits per heavy atom. The van der Waals surface area contributed by atoms with Gasteiger partial charge < -0.3 is 10.6 Å². The number of piperidine rings is 1. The predicted octanol–water partition coefficient (Wildman–Crippen LogP) is 4.43. The Morgan fingerprint density at radius 3 is 2.46 bits per heavy atom. The van der Waals surface area contributed by atoms with Crippen molar-refractivity contribution in [2.45, 2.75) is 88.2 Å². The van der Waals surface area contributed by atoms with Gasteiger partial charge in [-0.05, 0) is 56.8 Å². The van der Waals surface area contributed by atoms with Gasteiger partial charge >= 0.3 is 0 Å². The van der Waals surface area contributed by atoms with Crippen LogP contribution in [0.3, 0.4) is 0 Å². The van der Waals surface area contributed by atoms with Gasteiger partial charge in [0.2, 0.25) is 11.8 Å². The molecule has 0 bridgehead atoms. The van der Waals surface area contributed by atoms with Crippen molar-refractivity contribution >= 4 is 47.7 Å². The van der Waals surface area contributed by atoms with Crippen LogP contribution in [0.25, 0.3) is 0 Å². The van der Waals surface area contributed by atoms with E-state index >= 15 is 0 Å². The molecule has 6 nitrogen and oxygen atoms in total. The van der Waals surface area contributed by atoms with E-state index in [9.17, 15) is 9.59 Å². The summed E-state index contributed by atoms with van der Waals surface area (Å²) in [5, 5.41) is 9.73. The number of nitrogens with zero attached hydrogens (tertiary/aromatic N) is 1. The molecule has 1 aliphatic carbocycles. The molecule has 3 fully saturated rings. The molecule has 1 aromatic carbocycles. The number of rotatable bonds is 10. The van der Waals surface area contributed by atoms with Crippen LogP contribution >= 0.6 is 35.9 Å². The second-order valence-electron chi connectivity index (χ2n) is 11.2. The van der Waals surface area contributed by atoms with Gasteiger partial charge in [-0.3, -0.25) is 19.8 Å². The average molecular weight is 569 g/mol. The lowest BCUT2D eigenvalue weighted by Gasteiger charge is -2.33. The zero-order valence-corrected chi connectivity index (χ0v) is 24.8. The zero-order chi connectivity index (χ0) is 25.4. The molecule has 1 saturated carbocycles. The largest absolute Gasteiger partial charge is 0.351 e. The molecule has 37 heavy (non-hydrogen) atoms. The highest BCUT2D eigenvalue weighted by Gasteiger charge is 2.41. The molecule has 3 N–H and O–H groups in total. The standard InChI is InChI=1S/C28H44N4O2S2.ClH/c1-28(2)25(29-20-36-28)27(34)31-24(19-35-18-22-11-7-4-8-12-22)26(33)30-23-13-15-32(16-14-23)17-21-9-5-3-6-10-21;/h3,5-6,9-10,22-25,29H,4,7-8,11-20H2,1-2H3,(H,30,33)(H,31,34);1H/t24-,25+;/m0./s1. The van der Waals surface area contributed by atoms with Gasteiger partial charge in [-0.1, -0.05) is 49.6 Å². The summed E-state index contributed by atoms with van der Waals surface area (Å²) in [6.07, 6.45) is 8.51. The van der Waals surface area contributed by atoms with Crippen molar-refractivity contribution in [1.82, 2.24) is 20.9 Å². The number of thioether (sulfide) groups is 2. The fraction of sp³-hybridized carbons (Fsp3) is 0.714. The summed E-state index contributed by atoms with van der Waals surface area (Å²) in [6, 6.07) is 9.98. The first-order valence-electron chi connectivity index (χ1n) is 13.7. The van der Waals surface area contributed by atoms with Gasteiger partial charge in [-0.2, -0.15) is 11.8 Å². The van der Waals surface area contributed by atoms with Crippen LogP contribution in [0, 0.1) is 5.92 Å². The summed E-state index contributed by atoms with van der Waals surface area (Å²) in [5.41, 5.74) is 1.33. The maximum Gasteiger partial charge on any atom is 0.243 e. The lowest BCUT2D eigenvalue weighted by Crippen LogP contribution is -2.58. The molecule has 0 unspecified atom stereocenters. The van der Waals surface area contributed by atoms with Crippen LogP contribution in [-0.4, -0.2) is 70.1 Å². The van der Waals surface area contributed by atoms with Crippen LogP contribution < -0.4 is 16.0 Å². The monoisotopic (exact) mass is 568 g/mol. The number of amides is 2. The van der Waals surface area contributed by atoms with Crippen molar-refractivity contribution < 1.29 is 9.59 Å². The van der Waals surface area contributed by atoms with Crippen molar-refractivity contribution in [2.75, 3.05) is 30.5 Å². The smallest absolute Gasteiger partial charge is 0.243 e. The zero-order valence-electron chi connectivity index (χ0n) is 22.4. The number of carbonyl (C=O) groups is 2. The summed E-state index contributed by atoms with van der Waals surface area (Å²) < 4.78 is -0.175. The van der Waals surface area contributed by atoms with Crippen molar-refractivity contribution in [2.24, 2.45) is 5.92 Å². The minimum absolute atomic E-state index is 0. The molecule has 3 aliphatic rings. The molecule has 0 radical (unpaired) electrons. The fourth-order valence-electron chi connectivity index (χ4n) is 5.57. The van der Waals surface area contributed by atoms with Crippen molar-refractivity contribution in [1.29, 1.82) is 0 Å². The molecule has 2 atom stereocenters. The number of hydrogen-bond donors (Lipinski definition) is 3. The number of hydrogen-bond acceptors (Lipinski definition) is 6. The van der Waals surface area contributed by atoms with E-state index in [1.54, 1.807) is 11.8 Å². The van der Waals surface area contributed by atoms with E-state index in [0.717, 1.165) is 50.0 Å². The van der Waals surface area contributed by atoms with E-state index < -0.39 is 6.04 Å². The fourth-order valence-corrected chi connectivity index (χ4v) is 7.82. The lowest BCUT2D eigenvalue weighted by atomic mass is 9.91. The molecule has 9 heteroatoms. The third-order valence-electron chi connectivity index (χ3n) is 7.87. The van der Waals surface area contributed by atoms with Gasteiger partial charge in [0.15, 0.2) is 0 Å². The van der Waals surface area contributed by atoms with Gasteiger partial charge in [-0.25, -0.2) is 0 Å². The Kier molecular flexibility index (Phi) is 12.4. The van der Waals surface area contributed by atoms with Crippen LogP contribution in [0.2, 0.25) is 0 Å². The number of nitrogens with one attached hydrogen (secondary N) is 3. The summed E-state index contributed by atoms with van der Waals surface area (Å²) in [6.45, 7) is 7.10. The van der Waals surface area contributed by atoms with Crippen LogP contribution in [-0.2, 0) is 16.1 Å². The van der Waals surface area contributed by atoms with Gasteiger partial charge in [0.05, 0.1) is 0 Å². The first kappa shape index (κ1) is 30.6. The summed E-state index contributed by atoms with van der Waals surface area (Å²) in [7, 11) is 0. The summed E-state index contributed by atoms with van der Waals surface area (Å²) >= 11 is 3.59. The van der Waals surface area contributed by atoms with E-state index in [2.05, 4.69) is 65.0 Å². The average Bonchev–Trinajstić information content (AvgIpc) is 3.25. The Hall–Kier alpha value is -0.930. The quantitative estimate of drug-likeness (QED) is 0.388. The third kappa shape index (κ3) is 9.34. The number of benzene rings is 1. The van der Waals surface area contributed by atoms with Crippen LogP contribution in [0.1, 0.15) is 64.4 Å². The molecule has 2 heterocycles. The van der Waals surface area contributed by atoms with Gasteiger partial charge in [0.1, 0.15) is 12.1 Å². The van der Waals surface area contributed by atoms with Gasteiger partial charge in [-0.15, -0.1) is 24.2 Å². The minimum Gasteiger partial charge on any atom is -0.351 e. The maximum absolute atomic E-state index is 13.4. The van der Waals surface area contributed by atoms with E-state index in [4.69, 9.17) is 0 Å². The highest BCUT2D eigenvalue weighted by molar-refractivity contribution is 8.00. The van der Waals surface area contributed by atoms with Crippen molar-refractivity contribution in [3.05, 3.63) is 35.9 Å². The number of likely N-dealkylation sites (tertiary alicyclic amines) is 1. The second kappa shape index (κ2) is 15.0. The van der Waals surface area contributed by atoms with Crippen LogP contribution in [0.5, 0.6) is 0 Å². The molecule has 2 aliphatic heterocycles. The predicted molar refractivity (Wildman–Crippen MR) is 159 cm³/mol. The molecule has 4 rings (SSSR count). The Bertz CT molecular complexity index is 846. The first-order valence-corrected chi connectivity index (χ1v) is 15.9. The maximum atomic E-state index is 13.4. The van der Waals surface area contributed by atoms with E-state index in [-0.39, 0.29) is 41.1 Å². The number of carbonyl (C=O) groups excluding carboxylic acids is 2. The van der Waals surface area contributed by atoms with Crippen molar-refractivity contribution in [3.8, 4) is 0 Å². The minimum atomic E-state index is -0.489. The normalized spacial score (nSPS) is 23.7. The molecule has 208 valence electrons. The second-order valence-corrected chi connectivity index (χ2v) is 13.9. The topological polar surface area (TPSA) is 73.5 Å². The Morgan fingerprint density at radius 1 is 1.11 bits per heavy atom. The molecular formula is C28H45ClN4O2S2. The van der Waals surface area contributed by atoms with E-state index in [1.807, 2.05) is 11.8 Å². The Balaban J connectivity index is 0.00000380. The SMILES string of the molecule is CC1(C)SCN[C@@H]1C(=O)N[C@@H](CSCC1CCCCC1)C(=O)NC1CCN(Cc2ccccc2)CC1.Cl. The van der Waals surface area contributed by atoms with E-state index in [1.165, 1.54) is 37.7 Å². The summed E-state index contributed by atoms with van der Waals surface area (Å²) in [5.74, 6) is 3.16. The first-order chi connectivity index (χ1) is 17.4. The van der Waals surface area contributed by atoms with E-state index in [0.29, 0.717) is 5.75 Å². The highest BCUT2D eigenvalue weighted by Crippen LogP contribution is 2.33. The molecule has 2 saturated heterocycles. The molecule has 0 spiro atoms. The lowest BCUT2D eigenvalue weighted by molar-refractivity contribution is -0.130. The van der Waals surface area contributed by atoms with Gasteiger partial charge in [0.25, 0.3) is 0 Å². The highest BCUT2D eigenvalue weighted by atomic mass is 35.5. The molecule has 2 amide bonds. The number of halogens is 1. The van der Waals surface area contributed by atoms with Crippen molar-refractivity contribution in [3.63, 3.8) is 0 Å². The molecule has 0 aromatic heterocycles.